The van der Waals surface area contributed by atoms with Gasteiger partial charge >= 0.3 is 0 Å². The maximum Gasteiger partial charge on any atom is 0.187 e. The summed E-state index contributed by atoms with van der Waals surface area (Å²) in [4.78, 5) is 0. The van der Waals surface area contributed by atoms with E-state index in [0.29, 0.717) is 0 Å². The summed E-state index contributed by atoms with van der Waals surface area (Å²) in [5.41, 5.74) is -0.424. The van der Waals surface area contributed by atoms with Crippen molar-refractivity contribution in [2.24, 2.45) is 0 Å². The van der Waals surface area contributed by atoms with Crippen LogP contribution in [0.3, 0.4) is 0 Å². The lowest BCUT2D eigenvalue weighted by molar-refractivity contribution is -0.374. The molecule has 11 nitrogen and oxygen atoms in total. The Kier molecular flexibility index (Phi) is 12.7. The Morgan fingerprint density at radius 1 is 0.571 bits per heavy atom. The average Bonchev–Trinajstić information content (AvgIpc) is 2.84. The molecular formula is C24H46O11. The Bertz CT molecular complexity index is 592. The van der Waals surface area contributed by atoms with E-state index in [0.717, 1.165) is 6.42 Å². The minimum Gasteiger partial charge on any atom is -0.382 e. The average molecular weight is 511 g/mol. The fourth-order valence-corrected chi connectivity index (χ4v) is 4.59. The van der Waals surface area contributed by atoms with Gasteiger partial charge in [0.1, 0.15) is 48.8 Å². The van der Waals surface area contributed by atoms with Crippen LogP contribution in [0, 0.1) is 0 Å². The Hall–Kier alpha value is -0.440. The smallest absolute Gasteiger partial charge is 0.187 e. The summed E-state index contributed by atoms with van der Waals surface area (Å²) in [6, 6.07) is 0. The molecule has 2 saturated heterocycles. The van der Waals surface area contributed by atoms with Crippen molar-refractivity contribution in [2.45, 2.75) is 94.2 Å². The molecule has 0 radical (unpaired) electrons. The normalized spacial score (nSPS) is 38.6. The molecule has 2 rings (SSSR count). The minimum atomic E-state index is -0.829. The van der Waals surface area contributed by atoms with Gasteiger partial charge in [0, 0.05) is 49.8 Å². The Labute approximate surface area is 209 Å². The van der Waals surface area contributed by atoms with E-state index in [1.165, 1.54) is 0 Å². The van der Waals surface area contributed by atoms with Gasteiger partial charge in [-0.05, 0) is 20.3 Å². The van der Waals surface area contributed by atoms with Crippen LogP contribution < -0.4 is 0 Å². The first-order valence-electron chi connectivity index (χ1n) is 12.0. The lowest BCUT2D eigenvalue weighted by Gasteiger charge is -2.50. The first-order chi connectivity index (χ1) is 16.7. The van der Waals surface area contributed by atoms with Crippen LogP contribution in [0.15, 0.2) is 0 Å². The molecule has 11 heteroatoms. The third kappa shape index (κ3) is 7.32. The zero-order valence-corrected chi connectivity index (χ0v) is 22.9. The number of hydrogen-bond donors (Lipinski definition) is 0. The maximum absolute atomic E-state index is 6.54. The molecule has 0 aromatic heterocycles. The van der Waals surface area contributed by atoms with Crippen LogP contribution in [-0.4, -0.2) is 130 Å². The van der Waals surface area contributed by atoms with E-state index in [2.05, 4.69) is 6.92 Å². The molecule has 2 aliphatic rings. The second-order valence-corrected chi connectivity index (χ2v) is 9.33. The van der Waals surface area contributed by atoms with E-state index in [4.69, 9.17) is 52.1 Å². The lowest BCUT2D eigenvalue weighted by atomic mass is 9.96. The molecule has 0 N–H and O–H groups in total. The fourth-order valence-electron chi connectivity index (χ4n) is 4.59. The van der Waals surface area contributed by atoms with Crippen LogP contribution >= 0.6 is 0 Å². The van der Waals surface area contributed by atoms with E-state index in [9.17, 15) is 0 Å². The highest BCUT2D eigenvalue weighted by molar-refractivity contribution is 4.97. The van der Waals surface area contributed by atoms with Crippen LogP contribution in [0.25, 0.3) is 0 Å². The Morgan fingerprint density at radius 2 is 1.00 bits per heavy atom. The number of ether oxygens (including phenoxy) is 11. The predicted molar refractivity (Wildman–Crippen MR) is 125 cm³/mol. The molecule has 0 aromatic carbocycles. The SMILES string of the molecule is CCC(C)(C)O[C@@H]1O[C@H](COC)[C@@H](O[C@@H]2O[C@H](COC)[C@@H](OC)[C@H](OC)[C@H]2OC)[C@H](OC)[C@H]1OC. The summed E-state index contributed by atoms with van der Waals surface area (Å²) in [6.07, 6.45) is -4.90. The molecule has 0 bridgehead atoms. The van der Waals surface area contributed by atoms with Gasteiger partial charge in [-0.1, -0.05) is 6.92 Å². The first-order valence-corrected chi connectivity index (χ1v) is 12.0. The highest BCUT2D eigenvalue weighted by Gasteiger charge is 2.54. The van der Waals surface area contributed by atoms with Gasteiger partial charge in [0.05, 0.1) is 18.8 Å². The summed E-state index contributed by atoms with van der Waals surface area (Å²) < 4.78 is 65.1. The van der Waals surface area contributed by atoms with Gasteiger partial charge in [-0.2, -0.15) is 0 Å². The molecule has 0 unspecified atom stereocenters. The van der Waals surface area contributed by atoms with Crippen molar-refractivity contribution in [2.75, 3.05) is 63.0 Å². The van der Waals surface area contributed by atoms with Gasteiger partial charge in [-0.15, -0.1) is 0 Å². The van der Waals surface area contributed by atoms with Gasteiger partial charge in [0.2, 0.25) is 0 Å². The summed E-state index contributed by atoms with van der Waals surface area (Å²) in [7, 11) is 11.2. The van der Waals surface area contributed by atoms with Crippen LogP contribution in [0.2, 0.25) is 0 Å². The Balaban J connectivity index is 2.36. The standard InChI is InChI=1S/C24H46O11/c1-11-24(2,3)35-23-21(31-10)19(29-8)17(15(33-23)13-26-5)34-22-20(30-9)18(28-7)16(27-6)14(32-22)12-25-4/h14-23H,11-13H2,1-10H3/t14-,15-,16-,17-,18+,19+,20-,21-,22+,23+/m1/s1. The van der Waals surface area contributed by atoms with E-state index in [-0.39, 0.29) is 13.2 Å². The number of hydrogen-bond acceptors (Lipinski definition) is 11. The predicted octanol–water partition coefficient (Wildman–Crippen LogP) is 1.39. The van der Waals surface area contributed by atoms with Crippen molar-refractivity contribution < 1.29 is 52.1 Å². The van der Waals surface area contributed by atoms with Crippen molar-refractivity contribution in [3.8, 4) is 0 Å². The van der Waals surface area contributed by atoms with Gasteiger partial charge in [-0.25, -0.2) is 0 Å². The topological polar surface area (TPSA) is 102 Å². The van der Waals surface area contributed by atoms with Crippen molar-refractivity contribution in [3.63, 3.8) is 0 Å². The Morgan fingerprint density at radius 3 is 1.46 bits per heavy atom. The molecule has 0 spiro atoms. The van der Waals surface area contributed by atoms with Gasteiger partial charge in [0.25, 0.3) is 0 Å². The van der Waals surface area contributed by atoms with Gasteiger partial charge < -0.3 is 52.1 Å². The molecule has 2 aliphatic heterocycles. The van der Waals surface area contributed by atoms with Crippen LogP contribution in [0.4, 0.5) is 0 Å². The largest absolute Gasteiger partial charge is 0.382 e. The molecule has 0 aromatic rings. The number of methoxy groups -OCH3 is 7. The summed E-state index contributed by atoms with van der Waals surface area (Å²) in [5.74, 6) is 0. The second kappa shape index (κ2) is 14.5. The fraction of sp³-hybridized carbons (Fsp3) is 1.00. The highest BCUT2D eigenvalue weighted by Crippen LogP contribution is 2.35. The van der Waals surface area contributed by atoms with Crippen molar-refractivity contribution in [1.82, 2.24) is 0 Å². The van der Waals surface area contributed by atoms with Crippen LogP contribution in [0.5, 0.6) is 0 Å². The molecule has 0 amide bonds. The van der Waals surface area contributed by atoms with E-state index >= 15 is 0 Å². The number of rotatable bonds is 14. The third-order valence-corrected chi connectivity index (χ3v) is 6.78. The molecule has 2 fully saturated rings. The second-order valence-electron chi connectivity index (χ2n) is 9.33. The van der Waals surface area contributed by atoms with Crippen molar-refractivity contribution in [3.05, 3.63) is 0 Å². The summed E-state index contributed by atoms with van der Waals surface area (Å²) in [6.45, 7) is 6.59. The minimum absolute atomic E-state index is 0.244. The molecule has 10 atom stereocenters. The monoisotopic (exact) mass is 510 g/mol. The lowest BCUT2D eigenvalue weighted by Crippen LogP contribution is -2.66. The third-order valence-electron chi connectivity index (χ3n) is 6.78. The molecule has 0 aliphatic carbocycles. The van der Waals surface area contributed by atoms with Crippen molar-refractivity contribution >= 4 is 0 Å². The van der Waals surface area contributed by atoms with E-state index in [1.807, 2.05) is 13.8 Å². The summed E-state index contributed by atoms with van der Waals surface area (Å²) >= 11 is 0. The zero-order valence-electron chi connectivity index (χ0n) is 22.9. The molecule has 2 heterocycles. The first kappa shape index (κ1) is 30.8. The molecule has 35 heavy (non-hydrogen) atoms. The zero-order chi connectivity index (χ0) is 26.2. The van der Waals surface area contributed by atoms with Gasteiger partial charge in [0.15, 0.2) is 12.6 Å². The van der Waals surface area contributed by atoms with Crippen LogP contribution in [-0.2, 0) is 52.1 Å². The summed E-state index contributed by atoms with van der Waals surface area (Å²) in [5, 5.41) is 0. The molecule has 0 saturated carbocycles. The highest BCUT2D eigenvalue weighted by atomic mass is 16.8. The van der Waals surface area contributed by atoms with E-state index in [1.54, 1.807) is 49.8 Å². The van der Waals surface area contributed by atoms with E-state index < -0.39 is 67.0 Å². The van der Waals surface area contributed by atoms with Crippen molar-refractivity contribution in [1.29, 1.82) is 0 Å². The molecule has 208 valence electrons. The quantitative estimate of drug-likeness (QED) is 0.339. The maximum atomic E-state index is 6.54. The van der Waals surface area contributed by atoms with Crippen LogP contribution in [0.1, 0.15) is 27.2 Å². The molecular weight excluding hydrogens is 464 g/mol. The van der Waals surface area contributed by atoms with Gasteiger partial charge in [-0.3, -0.25) is 0 Å².